The quantitative estimate of drug-likeness (QED) is 0.581. The molecule has 0 saturated carbocycles. The number of hydrogen-bond acceptors (Lipinski definition) is 2. The highest BCUT2D eigenvalue weighted by atomic mass is 16.3. The first kappa shape index (κ1) is 10.9. The summed E-state index contributed by atoms with van der Waals surface area (Å²) in [6, 6.07) is 0. The van der Waals surface area contributed by atoms with E-state index in [0.717, 1.165) is 12.8 Å². The van der Waals surface area contributed by atoms with E-state index in [1.54, 1.807) is 6.92 Å². The fourth-order valence-electron chi connectivity index (χ4n) is 1.14. The van der Waals surface area contributed by atoms with Crippen molar-refractivity contribution in [3.8, 4) is 0 Å². The summed E-state index contributed by atoms with van der Waals surface area (Å²) in [7, 11) is 0. The number of aliphatic hydroxyl groups is 2. The number of unbranched alkanes of at least 4 members (excludes halogenated alkanes) is 2. The van der Waals surface area contributed by atoms with Gasteiger partial charge in [-0.05, 0) is 19.8 Å². The molecule has 0 aliphatic heterocycles. The van der Waals surface area contributed by atoms with E-state index in [-0.39, 0.29) is 12.2 Å². The predicted molar refractivity (Wildman–Crippen MR) is 46.4 cm³/mol. The molecule has 0 heterocycles. The molecule has 0 aliphatic carbocycles. The second kappa shape index (κ2) is 6.62. The largest absolute Gasteiger partial charge is 0.393 e. The third-order valence-electron chi connectivity index (χ3n) is 1.75. The van der Waals surface area contributed by atoms with E-state index in [9.17, 15) is 5.11 Å². The van der Waals surface area contributed by atoms with Crippen LogP contribution >= 0.6 is 0 Å². The lowest BCUT2D eigenvalue weighted by Crippen LogP contribution is -2.14. The number of aliphatic hydroxyl groups excluding tert-OH is 2. The van der Waals surface area contributed by atoms with Crippen LogP contribution in [0.4, 0.5) is 0 Å². The molecule has 2 heteroatoms. The Morgan fingerprint density at radius 1 is 1.18 bits per heavy atom. The van der Waals surface area contributed by atoms with Crippen molar-refractivity contribution < 1.29 is 10.2 Å². The zero-order valence-electron chi connectivity index (χ0n) is 7.58. The minimum Gasteiger partial charge on any atom is -0.393 e. The van der Waals surface area contributed by atoms with Gasteiger partial charge in [0.05, 0.1) is 12.2 Å². The van der Waals surface area contributed by atoms with Gasteiger partial charge in [0.15, 0.2) is 0 Å². The number of hydrogen-bond donors (Lipinski definition) is 2. The van der Waals surface area contributed by atoms with Crippen LogP contribution in [0.1, 0.15) is 46.0 Å². The molecule has 0 bridgehead atoms. The topological polar surface area (TPSA) is 40.5 Å². The third-order valence-corrected chi connectivity index (χ3v) is 1.75. The fraction of sp³-hybridized carbons (Fsp3) is 1.00. The Labute approximate surface area is 69.2 Å². The maximum atomic E-state index is 9.29. The van der Waals surface area contributed by atoms with E-state index in [4.69, 9.17) is 5.11 Å². The van der Waals surface area contributed by atoms with Gasteiger partial charge in [0.2, 0.25) is 0 Å². The zero-order chi connectivity index (χ0) is 8.69. The second-order valence-corrected chi connectivity index (χ2v) is 3.23. The van der Waals surface area contributed by atoms with Gasteiger partial charge in [-0.1, -0.05) is 26.2 Å². The average Bonchev–Trinajstić information content (AvgIpc) is 1.86. The molecule has 0 fully saturated rings. The molecule has 0 saturated heterocycles. The van der Waals surface area contributed by atoms with E-state index < -0.39 is 0 Å². The highest BCUT2D eigenvalue weighted by Crippen LogP contribution is 2.07. The molecule has 0 rings (SSSR count). The van der Waals surface area contributed by atoms with E-state index >= 15 is 0 Å². The van der Waals surface area contributed by atoms with E-state index in [0.29, 0.717) is 6.42 Å². The third kappa shape index (κ3) is 7.82. The van der Waals surface area contributed by atoms with Crippen molar-refractivity contribution in [1.29, 1.82) is 0 Å². The van der Waals surface area contributed by atoms with Gasteiger partial charge in [0.25, 0.3) is 0 Å². The van der Waals surface area contributed by atoms with Crippen LogP contribution in [0.3, 0.4) is 0 Å². The molecule has 0 unspecified atom stereocenters. The molecule has 0 radical (unpaired) electrons. The molecule has 0 amide bonds. The molecule has 0 aromatic rings. The Hall–Kier alpha value is -0.0800. The van der Waals surface area contributed by atoms with Gasteiger partial charge in [-0.15, -0.1) is 0 Å². The molecule has 11 heavy (non-hydrogen) atoms. The monoisotopic (exact) mass is 160 g/mol. The van der Waals surface area contributed by atoms with Crippen molar-refractivity contribution in [2.24, 2.45) is 0 Å². The van der Waals surface area contributed by atoms with Crippen molar-refractivity contribution in [2.75, 3.05) is 0 Å². The van der Waals surface area contributed by atoms with Crippen LogP contribution < -0.4 is 0 Å². The Morgan fingerprint density at radius 3 is 2.27 bits per heavy atom. The first-order valence-corrected chi connectivity index (χ1v) is 4.53. The Morgan fingerprint density at radius 2 is 1.82 bits per heavy atom. The predicted octanol–water partition coefficient (Wildman–Crippen LogP) is 1.70. The summed E-state index contributed by atoms with van der Waals surface area (Å²) < 4.78 is 0. The van der Waals surface area contributed by atoms with Crippen LogP contribution in [0.5, 0.6) is 0 Å². The molecular weight excluding hydrogens is 140 g/mol. The first-order valence-electron chi connectivity index (χ1n) is 4.53. The second-order valence-electron chi connectivity index (χ2n) is 3.23. The summed E-state index contributed by atoms with van der Waals surface area (Å²) in [5.74, 6) is 0. The maximum absolute atomic E-state index is 9.29. The Kier molecular flexibility index (Phi) is 6.57. The molecule has 0 aromatic carbocycles. The van der Waals surface area contributed by atoms with E-state index in [1.165, 1.54) is 12.8 Å². The lowest BCUT2D eigenvalue weighted by molar-refractivity contribution is 0.0835. The first-order chi connectivity index (χ1) is 5.16. The van der Waals surface area contributed by atoms with Crippen molar-refractivity contribution in [1.82, 2.24) is 0 Å². The molecule has 0 spiro atoms. The van der Waals surface area contributed by atoms with Crippen LogP contribution in [-0.4, -0.2) is 22.4 Å². The van der Waals surface area contributed by atoms with Crippen LogP contribution in [-0.2, 0) is 0 Å². The summed E-state index contributed by atoms with van der Waals surface area (Å²) in [5, 5.41) is 18.2. The Balaban J connectivity index is 3.15. The summed E-state index contributed by atoms with van der Waals surface area (Å²) in [6.45, 7) is 3.85. The standard InChI is InChI=1S/C9H20O2/c1-3-4-5-6-9(11)7-8(2)10/h8-11H,3-7H2,1-2H3/t8-,9+/m0/s1. The fourth-order valence-corrected chi connectivity index (χ4v) is 1.14. The molecule has 68 valence electrons. The highest BCUT2D eigenvalue weighted by molar-refractivity contribution is 4.59. The summed E-state index contributed by atoms with van der Waals surface area (Å²) in [5.41, 5.74) is 0. The average molecular weight is 160 g/mol. The van der Waals surface area contributed by atoms with Crippen LogP contribution in [0, 0.1) is 0 Å². The van der Waals surface area contributed by atoms with Crippen LogP contribution in [0.15, 0.2) is 0 Å². The maximum Gasteiger partial charge on any atom is 0.0564 e. The van der Waals surface area contributed by atoms with Gasteiger partial charge in [0, 0.05) is 0 Å². The summed E-state index contributed by atoms with van der Waals surface area (Å²) >= 11 is 0. The van der Waals surface area contributed by atoms with Gasteiger partial charge < -0.3 is 10.2 Å². The number of rotatable bonds is 6. The minimum atomic E-state index is -0.369. The SMILES string of the molecule is CCCCC[C@@H](O)C[C@H](C)O. The van der Waals surface area contributed by atoms with E-state index in [2.05, 4.69) is 6.92 Å². The van der Waals surface area contributed by atoms with Crippen LogP contribution in [0.25, 0.3) is 0 Å². The van der Waals surface area contributed by atoms with Crippen molar-refractivity contribution in [3.05, 3.63) is 0 Å². The van der Waals surface area contributed by atoms with Crippen molar-refractivity contribution >= 4 is 0 Å². The zero-order valence-corrected chi connectivity index (χ0v) is 7.58. The van der Waals surface area contributed by atoms with Gasteiger partial charge in [-0.25, -0.2) is 0 Å². The normalized spacial score (nSPS) is 16.4. The molecule has 2 nitrogen and oxygen atoms in total. The molecular formula is C9H20O2. The van der Waals surface area contributed by atoms with E-state index in [1.807, 2.05) is 0 Å². The Bertz CT molecular complexity index is 81.6. The summed E-state index contributed by atoms with van der Waals surface area (Å²) in [6.07, 6.45) is 4.11. The molecule has 2 atom stereocenters. The lowest BCUT2D eigenvalue weighted by Gasteiger charge is -2.11. The van der Waals surface area contributed by atoms with Gasteiger partial charge in [-0.3, -0.25) is 0 Å². The van der Waals surface area contributed by atoms with Gasteiger partial charge in [-0.2, -0.15) is 0 Å². The molecule has 2 N–H and O–H groups in total. The smallest absolute Gasteiger partial charge is 0.0564 e. The van der Waals surface area contributed by atoms with Gasteiger partial charge >= 0.3 is 0 Å². The van der Waals surface area contributed by atoms with Crippen LogP contribution in [0.2, 0.25) is 0 Å². The molecule has 0 aromatic heterocycles. The van der Waals surface area contributed by atoms with Crippen molar-refractivity contribution in [3.63, 3.8) is 0 Å². The molecule has 0 aliphatic rings. The van der Waals surface area contributed by atoms with Gasteiger partial charge in [0.1, 0.15) is 0 Å². The highest BCUT2D eigenvalue weighted by Gasteiger charge is 2.06. The summed E-state index contributed by atoms with van der Waals surface area (Å²) in [4.78, 5) is 0. The lowest BCUT2D eigenvalue weighted by atomic mass is 10.1. The van der Waals surface area contributed by atoms with Crippen molar-refractivity contribution in [2.45, 2.75) is 58.2 Å². The minimum absolute atomic E-state index is 0.304.